The van der Waals surface area contributed by atoms with Crippen LogP contribution in [0.2, 0.25) is 0 Å². The van der Waals surface area contributed by atoms with E-state index in [1.807, 2.05) is 16.8 Å². The van der Waals surface area contributed by atoms with E-state index in [4.69, 9.17) is 9.84 Å². The van der Waals surface area contributed by atoms with Gasteiger partial charge in [-0.15, -0.1) is 0 Å². The summed E-state index contributed by atoms with van der Waals surface area (Å²) in [5, 5.41) is 10.1. The second-order valence-electron chi connectivity index (χ2n) is 8.49. The number of nitrogens with zero attached hydrogens (tertiary/aromatic N) is 1. The molecule has 0 radical (unpaired) electrons. The van der Waals surface area contributed by atoms with Gasteiger partial charge in [-0.05, 0) is 72.6 Å². The summed E-state index contributed by atoms with van der Waals surface area (Å²) in [7, 11) is 0. The molecule has 1 heterocycles. The van der Waals surface area contributed by atoms with E-state index >= 15 is 0 Å². The first kappa shape index (κ1) is 20.5. The van der Waals surface area contributed by atoms with Crippen LogP contribution in [0.5, 0.6) is 5.75 Å². The van der Waals surface area contributed by atoms with E-state index in [1.54, 1.807) is 0 Å². The lowest BCUT2D eigenvalue weighted by Gasteiger charge is -2.15. The molecule has 0 aliphatic heterocycles. The predicted molar refractivity (Wildman–Crippen MR) is 120 cm³/mol. The average molecular weight is 406 g/mol. The number of fused-ring (bicyclic) bond motifs is 1. The molecule has 0 unspecified atom stereocenters. The van der Waals surface area contributed by atoms with Crippen LogP contribution in [-0.4, -0.2) is 15.6 Å². The van der Waals surface area contributed by atoms with Gasteiger partial charge < -0.3 is 14.4 Å². The van der Waals surface area contributed by atoms with E-state index in [9.17, 15) is 4.79 Å². The fourth-order valence-corrected chi connectivity index (χ4v) is 4.86. The van der Waals surface area contributed by atoms with E-state index < -0.39 is 5.97 Å². The van der Waals surface area contributed by atoms with Crippen molar-refractivity contribution in [2.75, 3.05) is 0 Å². The SMILES string of the molecule is CCc1cc(OCc2ccc(C3CCCC3)c(C)c2)cc2ccn(CCC(=O)O)c12. The third-order valence-electron chi connectivity index (χ3n) is 6.40. The fourth-order valence-electron chi connectivity index (χ4n) is 4.86. The lowest BCUT2D eigenvalue weighted by molar-refractivity contribution is -0.137. The van der Waals surface area contributed by atoms with Gasteiger partial charge in [0.1, 0.15) is 12.4 Å². The van der Waals surface area contributed by atoms with Gasteiger partial charge >= 0.3 is 5.97 Å². The Morgan fingerprint density at radius 3 is 2.67 bits per heavy atom. The number of aliphatic carboxylic acids is 1. The number of carboxylic acids is 1. The number of aromatic nitrogens is 1. The zero-order valence-corrected chi connectivity index (χ0v) is 18.0. The molecule has 0 atom stereocenters. The molecule has 0 bridgehead atoms. The third-order valence-corrected chi connectivity index (χ3v) is 6.40. The summed E-state index contributed by atoms with van der Waals surface area (Å²) in [6.07, 6.45) is 8.33. The Labute approximate surface area is 178 Å². The highest BCUT2D eigenvalue weighted by Gasteiger charge is 2.18. The molecule has 1 fully saturated rings. The summed E-state index contributed by atoms with van der Waals surface area (Å²) in [6.45, 7) is 5.38. The van der Waals surface area contributed by atoms with Crippen LogP contribution in [0.4, 0.5) is 0 Å². The molecule has 1 aromatic heterocycles. The zero-order chi connectivity index (χ0) is 21.1. The van der Waals surface area contributed by atoms with Gasteiger partial charge in [0, 0.05) is 18.1 Å². The Hall–Kier alpha value is -2.75. The molecule has 0 amide bonds. The Bertz CT molecular complexity index is 1040. The van der Waals surface area contributed by atoms with E-state index in [0.29, 0.717) is 13.2 Å². The van der Waals surface area contributed by atoms with Gasteiger partial charge in [-0.25, -0.2) is 0 Å². The molecule has 4 rings (SSSR count). The molecule has 158 valence electrons. The number of ether oxygens (including phenoxy) is 1. The summed E-state index contributed by atoms with van der Waals surface area (Å²) in [5.74, 6) is 0.830. The third kappa shape index (κ3) is 4.38. The van der Waals surface area contributed by atoms with Crippen LogP contribution in [0.15, 0.2) is 42.6 Å². The topological polar surface area (TPSA) is 51.5 Å². The highest BCUT2D eigenvalue weighted by molar-refractivity contribution is 5.85. The average Bonchev–Trinajstić information content (AvgIpc) is 3.40. The first-order valence-corrected chi connectivity index (χ1v) is 11.1. The van der Waals surface area contributed by atoms with Crippen LogP contribution >= 0.6 is 0 Å². The summed E-state index contributed by atoms with van der Waals surface area (Å²) in [6, 6.07) is 13.0. The monoisotopic (exact) mass is 405 g/mol. The van der Waals surface area contributed by atoms with E-state index in [2.05, 4.69) is 44.2 Å². The zero-order valence-electron chi connectivity index (χ0n) is 18.0. The van der Waals surface area contributed by atoms with Gasteiger partial charge in [0.15, 0.2) is 0 Å². The van der Waals surface area contributed by atoms with Gasteiger partial charge in [0.25, 0.3) is 0 Å². The summed E-state index contributed by atoms with van der Waals surface area (Å²) >= 11 is 0. The standard InChI is InChI=1S/C26H31NO3/c1-3-20-15-23(16-22-10-12-27(26(20)22)13-11-25(28)29)30-17-19-8-9-24(18(2)14-19)21-6-4-5-7-21/h8-10,12,14-16,21H,3-7,11,13,17H2,1-2H3,(H,28,29). The minimum atomic E-state index is -0.774. The number of benzene rings is 2. The Balaban J connectivity index is 1.50. The Kier molecular flexibility index (Phi) is 6.12. The molecule has 0 spiro atoms. The van der Waals surface area contributed by atoms with Gasteiger partial charge in [0.2, 0.25) is 0 Å². The van der Waals surface area contributed by atoms with Crippen molar-refractivity contribution in [3.05, 3.63) is 64.8 Å². The van der Waals surface area contributed by atoms with Crippen molar-refractivity contribution in [1.82, 2.24) is 4.57 Å². The van der Waals surface area contributed by atoms with Gasteiger partial charge in [0.05, 0.1) is 11.9 Å². The fraction of sp³-hybridized carbons (Fsp3) is 0.423. The Morgan fingerprint density at radius 1 is 1.17 bits per heavy atom. The number of aryl methyl sites for hydroxylation is 3. The van der Waals surface area contributed by atoms with Crippen molar-refractivity contribution < 1.29 is 14.6 Å². The molecule has 1 N–H and O–H groups in total. The predicted octanol–water partition coefficient (Wildman–Crippen LogP) is 6.22. The lowest BCUT2D eigenvalue weighted by Crippen LogP contribution is -2.05. The number of carbonyl (C=O) groups is 1. The normalized spacial score (nSPS) is 14.5. The highest BCUT2D eigenvalue weighted by atomic mass is 16.5. The molecule has 0 saturated heterocycles. The van der Waals surface area contributed by atoms with Crippen LogP contribution in [0.3, 0.4) is 0 Å². The van der Waals surface area contributed by atoms with Crippen molar-refractivity contribution in [3.63, 3.8) is 0 Å². The maximum atomic E-state index is 10.9. The number of carboxylic acid groups (broad SMARTS) is 1. The van der Waals surface area contributed by atoms with Crippen LogP contribution in [0.25, 0.3) is 10.9 Å². The Morgan fingerprint density at radius 2 is 1.97 bits per heavy atom. The molecule has 4 nitrogen and oxygen atoms in total. The smallest absolute Gasteiger partial charge is 0.305 e. The van der Waals surface area contributed by atoms with Crippen molar-refractivity contribution in [3.8, 4) is 5.75 Å². The minimum absolute atomic E-state index is 0.126. The lowest BCUT2D eigenvalue weighted by atomic mass is 9.92. The first-order valence-electron chi connectivity index (χ1n) is 11.1. The first-order chi connectivity index (χ1) is 14.5. The van der Waals surface area contributed by atoms with Crippen molar-refractivity contribution in [1.29, 1.82) is 0 Å². The summed E-state index contributed by atoms with van der Waals surface area (Å²) in [4.78, 5) is 10.9. The molecule has 3 aromatic rings. The number of hydrogen-bond acceptors (Lipinski definition) is 2. The number of hydrogen-bond donors (Lipinski definition) is 1. The van der Waals surface area contributed by atoms with Gasteiger partial charge in [-0.2, -0.15) is 0 Å². The molecular weight excluding hydrogens is 374 g/mol. The summed E-state index contributed by atoms with van der Waals surface area (Å²) < 4.78 is 8.21. The van der Waals surface area contributed by atoms with Crippen molar-refractivity contribution in [2.24, 2.45) is 0 Å². The van der Waals surface area contributed by atoms with Crippen molar-refractivity contribution in [2.45, 2.75) is 71.4 Å². The second kappa shape index (κ2) is 8.95. The van der Waals surface area contributed by atoms with Crippen LogP contribution in [0.1, 0.15) is 67.2 Å². The van der Waals surface area contributed by atoms with Crippen LogP contribution in [-0.2, 0) is 24.4 Å². The molecule has 1 aliphatic carbocycles. The van der Waals surface area contributed by atoms with E-state index in [-0.39, 0.29) is 6.42 Å². The van der Waals surface area contributed by atoms with E-state index in [0.717, 1.165) is 29.0 Å². The molecule has 30 heavy (non-hydrogen) atoms. The second-order valence-corrected chi connectivity index (χ2v) is 8.49. The molecular formula is C26H31NO3. The minimum Gasteiger partial charge on any atom is -0.489 e. The van der Waals surface area contributed by atoms with Crippen molar-refractivity contribution >= 4 is 16.9 Å². The molecule has 1 saturated carbocycles. The molecule has 1 aliphatic rings. The maximum absolute atomic E-state index is 10.9. The molecule has 4 heteroatoms. The highest BCUT2D eigenvalue weighted by Crippen LogP contribution is 2.36. The summed E-state index contributed by atoms with van der Waals surface area (Å²) in [5.41, 5.74) is 6.39. The van der Waals surface area contributed by atoms with Gasteiger partial charge in [-0.3, -0.25) is 4.79 Å². The van der Waals surface area contributed by atoms with Crippen LogP contribution in [0, 0.1) is 6.92 Å². The number of rotatable bonds is 8. The maximum Gasteiger partial charge on any atom is 0.305 e. The van der Waals surface area contributed by atoms with Gasteiger partial charge in [-0.1, -0.05) is 38.0 Å². The van der Waals surface area contributed by atoms with Crippen LogP contribution < -0.4 is 4.74 Å². The van der Waals surface area contributed by atoms with E-state index in [1.165, 1.54) is 47.9 Å². The largest absolute Gasteiger partial charge is 0.489 e. The quantitative estimate of drug-likeness (QED) is 0.484. The molecule has 2 aromatic carbocycles.